The quantitative estimate of drug-likeness (QED) is 0.768. The summed E-state index contributed by atoms with van der Waals surface area (Å²) in [6.45, 7) is 1.72. The minimum absolute atomic E-state index is 0.0872. The lowest BCUT2D eigenvalue weighted by Gasteiger charge is -2.40. The Balaban J connectivity index is 1.46. The standard InChI is InChI=1S/C19H20N6O/c26-19(13-3-1-7-20-11-13)25-9-2-4-15-16(25)6-10-24(15)18-14-5-8-21-17(14)22-12-23-18/h1,3,5,7-8,11-12,15-16H,2,4,6,9-10H2,(H,21,22,23)/t15-,16-/m1/s1. The van der Waals surface area contributed by atoms with Crippen molar-refractivity contribution in [3.63, 3.8) is 0 Å². The topological polar surface area (TPSA) is 78.0 Å². The molecule has 7 nitrogen and oxygen atoms in total. The molecule has 1 amide bonds. The number of nitrogens with one attached hydrogen (secondary N) is 1. The van der Waals surface area contributed by atoms with Crippen LogP contribution in [0.3, 0.4) is 0 Å². The van der Waals surface area contributed by atoms with Gasteiger partial charge >= 0.3 is 0 Å². The first-order valence-corrected chi connectivity index (χ1v) is 9.08. The maximum atomic E-state index is 13.0. The number of likely N-dealkylation sites (tertiary alicyclic amines) is 1. The number of hydrogen-bond acceptors (Lipinski definition) is 5. The molecule has 2 aliphatic rings. The Bertz CT molecular complexity index is 939. The van der Waals surface area contributed by atoms with Crippen LogP contribution in [0, 0.1) is 0 Å². The summed E-state index contributed by atoms with van der Waals surface area (Å²) in [4.78, 5) is 33.5. The number of pyridine rings is 1. The monoisotopic (exact) mass is 348 g/mol. The summed E-state index contributed by atoms with van der Waals surface area (Å²) in [7, 11) is 0. The van der Waals surface area contributed by atoms with Gasteiger partial charge in [0.25, 0.3) is 5.91 Å². The molecule has 2 saturated heterocycles. The van der Waals surface area contributed by atoms with E-state index in [2.05, 4.69) is 24.8 Å². The van der Waals surface area contributed by atoms with Gasteiger partial charge in [0.1, 0.15) is 17.8 Å². The molecule has 0 aromatic carbocycles. The molecule has 132 valence electrons. The number of anilines is 1. The molecule has 1 N–H and O–H groups in total. The second-order valence-electron chi connectivity index (χ2n) is 6.94. The second-order valence-corrected chi connectivity index (χ2v) is 6.94. The van der Waals surface area contributed by atoms with Crippen LogP contribution >= 0.6 is 0 Å². The van der Waals surface area contributed by atoms with Gasteiger partial charge in [-0.1, -0.05) is 0 Å². The lowest BCUT2D eigenvalue weighted by atomic mass is 9.96. The van der Waals surface area contributed by atoms with Gasteiger partial charge < -0.3 is 14.8 Å². The lowest BCUT2D eigenvalue weighted by molar-refractivity contribution is 0.0608. The molecule has 7 heteroatoms. The Labute approximate surface area is 151 Å². The van der Waals surface area contributed by atoms with E-state index in [0.29, 0.717) is 11.6 Å². The number of nitrogens with zero attached hydrogens (tertiary/aromatic N) is 5. The Morgan fingerprint density at radius 3 is 3.00 bits per heavy atom. The zero-order valence-electron chi connectivity index (χ0n) is 14.4. The predicted molar refractivity (Wildman–Crippen MR) is 97.9 cm³/mol. The molecule has 5 rings (SSSR count). The van der Waals surface area contributed by atoms with Crippen molar-refractivity contribution < 1.29 is 4.79 Å². The van der Waals surface area contributed by atoms with Crippen molar-refractivity contribution in [3.8, 4) is 0 Å². The molecule has 0 unspecified atom stereocenters. The number of rotatable bonds is 2. The molecule has 0 bridgehead atoms. The Morgan fingerprint density at radius 1 is 1.15 bits per heavy atom. The molecule has 3 aromatic rings. The van der Waals surface area contributed by atoms with Crippen LogP contribution in [0.5, 0.6) is 0 Å². The first kappa shape index (κ1) is 15.3. The molecule has 0 saturated carbocycles. The van der Waals surface area contributed by atoms with Crippen LogP contribution in [-0.4, -0.2) is 55.9 Å². The normalized spacial score (nSPS) is 22.6. The fraction of sp³-hybridized carbons (Fsp3) is 0.368. The van der Waals surface area contributed by atoms with Gasteiger partial charge in [-0.2, -0.15) is 0 Å². The summed E-state index contributed by atoms with van der Waals surface area (Å²) in [6, 6.07) is 6.22. The van der Waals surface area contributed by atoms with Crippen molar-refractivity contribution in [1.82, 2.24) is 24.8 Å². The molecule has 0 radical (unpaired) electrons. The zero-order valence-corrected chi connectivity index (χ0v) is 14.4. The lowest BCUT2D eigenvalue weighted by Crippen LogP contribution is -2.52. The highest BCUT2D eigenvalue weighted by molar-refractivity contribution is 5.94. The molecule has 2 atom stereocenters. The van der Waals surface area contributed by atoms with Crippen LogP contribution in [0.4, 0.5) is 5.82 Å². The van der Waals surface area contributed by atoms with E-state index in [9.17, 15) is 4.79 Å². The van der Waals surface area contributed by atoms with Crippen LogP contribution in [-0.2, 0) is 0 Å². The average Bonchev–Trinajstić information content (AvgIpc) is 3.34. The predicted octanol–water partition coefficient (Wildman–Crippen LogP) is 2.24. The number of amides is 1. The van der Waals surface area contributed by atoms with Crippen molar-refractivity contribution in [2.45, 2.75) is 31.3 Å². The third-order valence-electron chi connectivity index (χ3n) is 5.58. The first-order chi connectivity index (χ1) is 12.8. The third-order valence-corrected chi connectivity index (χ3v) is 5.58. The molecule has 0 aliphatic carbocycles. The minimum atomic E-state index is 0.0872. The van der Waals surface area contributed by atoms with Crippen molar-refractivity contribution in [3.05, 3.63) is 48.7 Å². The Kier molecular flexibility index (Phi) is 3.58. The smallest absolute Gasteiger partial charge is 0.255 e. The van der Waals surface area contributed by atoms with E-state index in [0.717, 1.165) is 49.2 Å². The highest BCUT2D eigenvalue weighted by Gasteiger charge is 2.43. The van der Waals surface area contributed by atoms with Gasteiger partial charge in [0.2, 0.25) is 0 Å². The molecule has 3 aromatic heterocycles. The molecule has 5 heterocycles. The van der Waals surface area contributed by atoms with Gasteiger partial charge in [-0.25, -0.2) is 9.97 Å². The highest BCUT2D eigenvalue weighted by Crippen LogP contribution is 2.36. The number of hydrogen-bond donors (Lipinski definition) is 1. The number of piperidine rings is 1. The van der Waals surface area contributed by atoms with Crippen LogP contribution in [0.1, 0.15) is 29.6 Å². The third kappa shape index (κ3) is 2.34. The van der Waals surface area contributed by atoms with Crippen molar-refractivity contribution in [1.29, 1.82) is 0 Å². The number of fused-ring (bicyclic) bond motifs is 2. The largest absolute Gasteiger partial charge is 0.351 e. The van der Waals surface area contributed by atoms with E-state index in [4.69, 9.17) is 0 Å². The Morgan fingerprint density at radius 2 is 2.12 bits per heavy atom. The van der Waals surface area contributed by atoms with Gasteiger partial charge in [-0.05, 0) is 37.5 Å². The summed E-state index contributed by atoms with van der Waals surface area (Å²) >= 11 is 0. The number of aromatic amines is 1. The first-order valence-electron chi connectivity index (χ1n) is 9.08. The molecular weight excluding hydrogens is 328 g/mol. The van der Waals surface area contributed by atoms with Crippen molar-refractivity contribution in [2.24, 2.45) is 0 Å². The van der Waals surface area contributed by atoms with Crippen LogP contribution < -0.4 is 4.90 Å². The molecular formula is C19H20N6O. The van der Waals surface area contributed by atoms with Gasteiger partial charge in [-0.3, -0.25) is 9.78 Å². The fourth-order valence-corrected chi connectivity index (χ4v) is 4.44. The van der Waals surface area contributed by atoms with Crippen molar-refractivity contribution in [2.75, 3.05) is 18.0 Å². The van der Waals surface area contributed by atoms with Gasteiger partial charge in [0, 0.05) is 31.7 Å². The van der Waals surface area contributed by atoms with Gasteiger partial charge in [-0.15, -0.1) is 0 Å². The van der Waals surface area contributed by atoms with Crippen molar-refractivity contribution >= 4 is 22.8 Å². The molecule has 26 heavy (non-hydrogen) atoms. The van der Waals surface area contributed by atoms with E-state index in [1.165, 1.54) is 0 Å². The van der Waals surface area contributed by atoms with Crippen LogP contribution in [0.15, 0.2) is 43.1 Å². The SMILES string of the molecule is O=C(c1cccnc1)N1CCC[C@@H]2[C@H]1CCN2c1ncnc2[nH]ccc12. The zero-order chi connectivity index (χ0) is 17.5. The number of H-pyrrole nitrogens is 1. The number of carbonyl (C=O) groups excluding carboxylic acids is 1. The molecule has 0 spiro atoms. The summed E-state index contributed by atoms with van der Waals surface area (Å²) < 4.78 is 0. The number of aromatic nitrogens is 4. The maximum absolute atomic E-state index is 13.0. The highest BCUT2D eigenvalue weighted by atomic mass is 16.2. The molecule has 2 aliphatic heterocycles. The number of carbonyl (C=O) groups is 1. The second kappa shape index (κ2) is 6.09. The minimum Gasteiger partial charge on any atom is -0.351 e. The van der Waals surface area contributed by atoms with Crippen LogP contribution in [0.25, 0.3) is 11.0 Å². The van der Waals surface area contributed by atoms with E-state index in [1.807, 2.05) is 29.3 Å². The summed E-state index contributed by atoms with van der Waals surface area (Å²) in [5.41, 5.74) is 1.53. The molecule has 2 fully saturated rings. The summed E-state index contributed by atoms with van der Waals surface area (Å²) in [5, 5.41) is 1.05. The van der Waals surface area contributed by atoms with E-state index < -0.39 is 0 Å². The van der Waals surface area contributed by atoms with Gasteiger partial charge in [0.05, 0.1) is 23.0 Å². The van der Waals surface area contributed by atoms with E-state index >= 15 is 0 Å². The Hall–Kier alpha value is -2.96. The van der Waals surface area contributed by atoms with E-state index in [-0.39, 0.29) is 11.9 Å². The summed E-state index contributed by atoms with van der Waals surface area (Å²) in [5.74, 6) is 1.06. The fourth-order valence-electron chi connectivity index (χ4n) is 4.44. The average molecular weight is 348 g/mol. The summed E-state index contributed by atoms with van der Waals surface area (Å²) in [6.07, 6.45) is 9.92. The van der Waals surface area contributed by atoms with Gasteiger partial charge in [0.15, 0.2) is 0 Å². The maximum Gasteiger partial charge on any atom is 0.255 e. The van der Waals surface area contributed by atoms with E-state index in [1.54, 1.807) is 18.7 Å². The van der Waals surface area contributed by atoms with Crippen LogP contribution in [0.2, 0.25) is 0 Å².